The lowest BCUT2D eigenvalue weighted by Crippen LogP contribution is -2.19. The van der Waals surface area contributed by atoms with Crippen LogP contribution in [0.1, 0.15) is 37.0 Å². The SMILES string of the molecule is Cc1ccc(N(c2cccc3ccccc23)c2ccc(-c3ccc(C)c(-c4cccc5c4NC/C=C\C=C/CC5(C)C)c3)c3ccccc23)cc1. The highest BCUT2D eigenvalue weighted by atomic mass is 15.1. The lowest BCUT2D eigenvalue weighted by Gasteiger charge is -2.29. The fraction of sp³-hybridized carbons (Fsp3) is 0.143. The predicted octanol–water partition coefficient (Wildman–Crippen LogP) is 13.6. The smallest absolute Gasteiger partial charge is 0.0540 e. The van der Waals surface area contributed by atoms with Gasteiger partial charge in [0, 0.05) is 34.3 Å². The van der Waals surface area contributed by atoms with Crippen molar-refractivity contribution in [2.24, 2.45) is 0 Å². The zero-order valence-electron chi connectivity index (χ0n) is 29.9. The third kappa shape index (κ3) is 6.12. The Balaban J connectivity index is 1.30. The second-order valence-electron chi connectivity index (χ2n) is 14.4. The van der Waals surface area contributed by atoms with Gasteiger partial charge in [0.15, 0.2) is 0 Å². The molecule has 0 amide bonds. The first kappa shape index (κ1) is 32.4. The fourth-order valence-corrected chi connectivity index (χ4v) is 7.70. The van der Waals surface area contributed by atoms with Gasteiger partial charge in [-0.2, -0.15) is 0 Å². The molecule has 1 N–H and O–H groups in total. The highest BCUT2D eigenvalue weighted by Crippen LogP contribution is 2.46. The van der Waals surface area contributed by atoms with Crippen LogP contribution < -0.4 is 10.2 Å². The van der Waals surface area contributed by atoms with Crippen molar-refractivity contribution in [1.82, 2.24) is 0 Å². The summed E-state index contributed by atoms with van der Waals surface area (Å²) in [5.41, 5.74) is 13.5. The van der Waals surface area contributed by atoms with E-state index in [0.717, 1.165) is 24.3 Å². The Kier molecular flexibility index (Phi) is 8.53. The van der Waals surface area contributed by atoms with E-state index in [-0.39, 0.29) is 5.41 Å². The molecule has 0 bridgehead atoms. The number of nitrogens with one attached hydrogen (secondary N) is 1. The van der Waals surface area contributed by atoms with Gasteiger partial charge in [-0.05, 0) is 94.6 Å². The second kappa shape index (κ2) is 13.5. The van der Waals surface area contributed by atoms with Crippen molar-refractivity contribution in [2.45, 2.75) is 39.5 Å². The fourth-order valence-electron chi connectivity index (χ4n) is 7.70. The number of allylic oxidation sites excluding steroid dienone is 3. The Labute approximate surface area is 302 Å². The molecule has 0 aliphatic carbocycles. The highest BCUT2D eigenvalue weighted by Gasteiger charge is 2.25. The zero-order chi connectivity index (χ0) is 35.0. The van der Waals surface area contributed by atoms with Gasteiger partial charge in [0.05, 0.1) is 11.4 Å². The quantitative estimate of drug-likeness (QED) is 0.198. The Hall–Kier alpha value is -5.86. The minimum Gasteiger partial charge on any atom is -0.381 e. The molecule has 250 valence electrons. The maximum Gasteiger partial charge on any atom is 0.0540 e. The molecule has 2 nitrogen and oxygen atoms in total. The average molecular weight is 661 g/mol. The van der Waals surface area contributed by atoms with Gasteiger partial charge in [-0.25, -0.2) is 0 Å². The third-order valence-corrected chi connectivity index (χ3v) is 10.5. The number of rotatable bonds is 5. The molecule has 0 saturated carbocycles. The third-order valence-electron chi connectivity index (χ3n) is 10.5. The number of hydrogen-bond acceptors (Lipinski definition) is 2. The number of nitrogens with zero attached hydrogens (tertiary/aromatic N) is 1. The van der Waals surface area contributed by atoms with Gasteiger partial charge in [0.2, 0.25) is 0 Å². The maximum absolute atomic E-state index is 3.81. The van der Waals surface area contributed by atoms with Crippen LogP contribution >= 0.6 is 0 Å². The molecule has 0 atom stereocenters. The first-order chi connectivity index (χ1) is 24.9. The molecule has 2 heteroatoms. The Morgan fingerprint density at radius 1 is 0.569 bits per heavy atom. The molecule has 1 aliphatic rings. The number of para-hydroxylation sites is 1. The standard InChI is InChI=1S/C49H44N2/c1-34-23-27-38(28-24-34)51(46-22-13-16-36-15-7-8-17-40(36)46)47-30-29-39(41-18-9-10-19-42(41)47)37-26-25-35(2)44(33-37)43-20-14-21-45-48(43)50-32-12-6-5-11-31-49(45,3)4/h5-30,33,50H,31-32H2,1-4H3/b11-5-,12-6-. The molecule has 0 saturated heterocycles. The topological polar surface area (TPSA) is 15.3 Å². The number of hydrogen-bond donors (Lipinski definition) is 1. The van der Waals surface area contributed by atoms with Gasteiger partial charge in [-0.3, -0.25) is 0 Å². The molecule has 8 rings (SSSR count). The van der Waals surface area contributed by atoms with E-state index in [4.69, 9.17) is 0 Å². The highest BCUT2D eigenvalue weighted by molar-refractivity contribution is 6.09. The van der Waals surface area contributed by atoms with Gasteiger partial charge in [-0.15, -0.1) is 0 Å². The molecule has 1 aliphatic heterocycles. The van der Waals surface area contributed by atoms with Crippen LogP contribution in [0.3, 0.4) is 0 Å². The molecule has 0 fully saturated rings. The monoisotopic (exact) mass is 660 g/mol. The van der Waals surface area contributed by atoms with Crippen LogP contribution in [0.15, 0.2) is 164 Å². The summed E-state index contributed by atoms with van der Waals surface area (Å²) in [4.78, 5) is 2.43. The lowest BCUT2D eigenvalue weighted by atomic mass is 9.78. The van der Waals surface area contributed by atoms with Crippen molar-refractivity contribution in [3.05, 3.63) is 181 Å². The van der Waals surface area contributed by atoms with E-state index in [1.807, 2.05) is 0 Å². The van der Waals surface area contributed by atoms with Crippen LogP contribution in [-0.2, 0) is 5.41 Å². The summed E-state index contributed by atoms with van der Waals surface area (Å²) in [5, 5.41) is 8.71. The molecular formula is C49H44N2. The Morgan fingerprint density at radius 2 is 1.27 bits per heavy atom. The molecule has 0 radical (unpaired) electrons. The van der Waals surface area contributed by atoms with Gasteiger partial charge < -0.3 is 10.2 Å². The lowest BCUT2D eigenvalue weighted by molar-refractivity contribution is 0.535. The second-order valence-corrected chi connectivity index (χ2v) is 14.4. The first-order valence-corrected chi connectivity index (χ1v) is 18.1. The molecule has 0 aromatic heterocycles. The normalized spacial score (nSPS) is 15.1. The van der Waals surface area contributed by atoms with Crippen LogP contribution in [0.4, 0.5) is 22.7 Å². The molecule has 1 heterocycles. The summed E-state index contributed by atoms with van der Waals surface area (Å²) in [6.07, 6.45) is 9.79. The zero-order valence-corrected chi connectivity index (χ0v) is 29.9. The molecule has 0 unspecified atom stereocenters. The van der Waals surface area contributed by atoms with Crippen LogP contribution in [0.5, 0.6) is 0 Å². The van der Waals surface area contributed by atoms with Gasteiger partial charge in [0.25, 0.3) is 0 Å². The number of fused-ring (bicyclic) bond motifs is 3. The van der Waals surface area contributed by atoms with Crippen molar-refractivity contribution in [3.8, 4) is 22.3 Å². The summed E-state index contributed by atoms with van der Waals surface area (Å²) >= 11 is 0. The molecular weight excluding hydrogens is 617 g/mol. The Bertz CT molecular complexity index is 2440. The average Bonchev–Trinajstić information content (AvgIpc) is 3.15. The minimum absolute atomic E-state index is 0.00895. The van der Waals surface area contributed by atoms with Crippen LogP contribution in [0.2, 0.25) is 0 Å². The van der Waals surface area contributed by atoms with E-state index < -0.39 is 0 Å². The summed E-state index contributed by atoms with van der Waals surface area (Å²) in [5.74, 6) is 0. The van der Waals surface area contributed by atoms with Crippen molar-refractivity contribution >= 4 is 44.3 Å². The molecule has 51 heavy (non-hydrogen) atoms. The van der Waals surface area contributed by atoms with Crippen LogP contribution in [0.25, 0.3) is 43.8 Å². The molecule has 7 aromatic carbocycles. The van der Waals surface area contributed by atoms with Crippen molar-refractivity contribution in [1.29, 1.82) is 0 Å². The van der Waals surface area contributed by atoms with E-state index in [2.05, 4.69) is 202 Å². The van der Waals surface area contributed by atoms with E-state index >= 15 is 0 Å². The largest absolute Gasteiger partial charge is 0.381 e. The van der Waals surface area contributed by atoms with Gasteiger partial charge in [-0.1, -0.05) is 153 Å². The first-order valence-electron chi connectivity index (χ1n) is 18.1. The summed E-state index contributed by atoms with van der Waals surface area (Å²) in [7, 11) is 0. The van der Waals surface area contributed by atoms with Crippen molar-refractivity contribution < 1.29 is 0 Å². The predicted molar refractivity (Wildman–Crippen MR) is 221 cm³/mol. The Morgan fingerprint density at radius 3 is 2.12 bits per heavy atom. The van der Waals surface area contributed by atoms with E-state index in [9.17, 15) is 0 Å². The van der Waals surface area contributed by atoms with E-state index in [0.29, 0.717) is 0 Å². The summed E-state index contributed by atoms with van der Waals surface area (Å²) < 4.78 is 0. The van der Waals surface area contributed by atoms with E-state index in [1.165, 1.54) is 71.9 Å². The number of benzene rings is 7. The van der Waals surface area contributed by atoms with Gasteiger partial charge >= 0.3 is 0 Å². The van der Waals surface area contributed by atoms with Gasteiger partial charge in [0.1, 0.15) is 0 Å². The minimum atomic E-state index is -0.00895. The van der Waals surface area contributed by atoms with Crippen LogP contribution in [0, 0.1) is 13.8 Å². The molecule has 0 spiro atoms. The van der Waals surface area contributed by atoms with E-state index in [1.54, 1.807) is 0 Å². The van der Waals surface area contributed by atoms with Crippen LogP contribution in [-0.4, -0.2) is 6.54 Å². The molecule has 7 aromatic rings. The number of anilines is 4. The summed E-state index contributed by atoms with van der Waals surface area (Å²) in [6.45, 7) is 9.86. The number of aryl methyl sites for hydroxylation is 2. The maximum atomic E-state index is 3.81. The summed E-state index contributed by atoms with van der Waals surface area (Å²) in [6, 6.07) is 51.5. The van der Waals surface area contributed by atoms with Crippen molar-refractivity contribution in [3.63, 3.8) is 0 Å². The van der Waals surface area contributed by atoms with Crippen molar-refractivity contribution in [2.75, 3.05) is 16.8 Å².